The highest BCUT2D eigenvalue weighted by Crippen LogP contribution is 2.41. The molecule has 1 aromatic heterocycles. The van der Waals surface area contributed by atoms with E-state index < -0.39 is 17.3 Å². The smallest absolute Gasteiger partial charge is 0.421 e. The van der Waals surface area contributed by atoms with Gasteiger partial charge in [-0.15, -0.1) is 0 Å². The standard InChI is InChI=1S/C21H26F3N3O2/c1-20(2,3)29-19-25-13-15(21(22,23)24)18(26-19)27(4)16-11-7-8-12-17(16)28-14-9-5-6-10-14/h7-8,11-14H,5-6,9-10H2,1-4H3. The number of rotatable bonds is 5. The Morgan fingerprint density at radius 1 is 1.07 bits per heavy atom. The first-order valence-corrected chi connectivity index (χ1v) is 9.67. The summed E-state index contributed by atoms with van der Waals surface area (Å²) < 4.78 is 52.6. The Morgan fingerprint density at radius 2 is 1.72 bits per heavy atom. The van der Waals surface area contributed by atoms with Gasteiger partial charge in [0.15, 0.2) is 5.82 Å². The number of halogens is 3. The van der Waals surface area contributed by atoms with Crippen LogP contribution in [0, 0.1) is 0 Å². The quantitative estimate of drug-likeness (QED) is 0.628. The molecule has 5 nitrogen and oxygen atoms in total. The molecule has 0 N–H and O–H groups in total. The van der Waals surface area contributed by atoms with Gasteiger partial charge in [0, 0.05) is 13.2 Å². The lowest BCUT2D eigenvalue weighted by Crippen LogP contribution is -2.26. The van der Waals surface area contributed by atoms with Crippen molar-refractivity contribution in [1.29, 1.82) is 0 Å². The van der Waals surface area contributed by atoms with E-state index in [0.717, 1.165) is 31.9 Å². The molecule has 1 aliphatic carbocycles. The highest BCUT2D eigenvalue weighted by molar-refractivity contribution is 5.68. The topological polar surface area (TPSA) is 47.5 Å². The van der Waals surface area contributed by atoms with E-state index >= 15 is 0 Å². The van der Waals surface area contributed by atoms with Gasteiger partial charge in [-0.2, -0.15) is 18.2 Å². The second-order valence-corrected chi connectivity index (χ2v) is 8.15. The molecule has 158 valence electrons. The molecule has 1 heterocycles. The van der Waals surface area contributed by atoms with Crippen LogP contribution < -0.4 is 14.4 Å². The lowest BCUT2D eigenvalue weighted by atomic mass is 10.2. The monoisotopic (exact) mass is 409 g/mol. The minimum absolute atomic E-state index is 0.0804. The molecule has 1 aromatic carbocycles. The van der Waals surface area contributed by atoms with Crippen molar-refractivity contribution in [1.82, 2.24) is 9.97 Å². The molecule has 8 heteroatoms. The van der Waals surface area contributed by atoms with Crippen LogP contribution in [-0.2, 0) is 6.18 Å². The molecule has 0 unspecified atom stereocenters. The lowest BCUT2D eigenvalue weighted by molar-refractivity contribution is -0.137. The maximum Gasteiger partial charge on any atom is 0.421 e. The Hall–Kier alpha value is -2.51. The van der Waals surface area contributed by atoms with Crippen LogP contribution in [0.3, 0.4) is 0 Å². The number of para-hydroxylation sites is 2. The summed E-state index contributed by atoms with van der Waals surface area (Å²) in [4.78, 5) is 9.23. The predicted molar refractivity (Wildman–Crippen MR) is 105 cm³/mol. The Morgan fingerprint density at radius 3 is 2.34 bits per heavy atom. The van der Waals surface area contributed by atoms with Crippen molar-refractivity contribution in [3.63, 3.8) is 0 Å². The Kier molecular flexibility index (Phi) is 5.91. The highest BCUT2D eigenvalue weighted by atomic mass is 19.4. The molecule has 0 aliphatic heterocycles. The fraction of sp³-hybridized carbons (Fsp3) is 0.524. The Labute approximate surface area is 168 Å². The molecule has 0 atom stereocenters. The summed E-state index contributed by atoms with van der Waals surface area (Å²) >= 11 is 0. The van der Waals surface area contributed by atoms with Gasteiger partial charge in [-0.1, -0.05) is 12.1 Å². The first kappa shape index (κ1) is 21.2. The largest absolute Gasteiger partial charge is 0.488 e. The van der Waals surface area contributed by atoms with Crippen molar-refractivity contribution in [3.8, 4) is 11.8 Å². The maximum atomic E-state index is 13.6. The fourth-order valence-corrected chi connectivity index (χ4v) is 3.27. The minimum atomic E-state index is -4.61. The normalized spacial score (nSPS) is 15.4. The van der Waals surface area contributed by atoms with E-state index in [2.05, 4.69) is 9.97 Å². The number of aromatic nitrogens is 2. The number of benzene rings is 1. The average Bonchev–Trinajstić information content (AvgIpc) is 3.12. The third-order valence-corrected chi connectivity index (χ3v) is 4.59. The van der Waals surface area contributed by atoms with Crippen molar-refractivity contribution in [2.75, 3.05) is 11.9 Å². The number of anilines is 2. The average molecular weight is 409 g/mol. The molecule has 1 aliphatic rings. The van der Waals surface area contributed by atoms with Crippen molar-refractivity contribution < 1.29 is 22.6 Å². The predicted octanol–water partition coefficient (Wildman–Crippen LogP) is 5.76. The van der Waals surface area contributed by atoms with Crippen LogP contribution in [0.25, 0.3) is 0 Å². The van der Waals surface area contributed by atoms with Crippen LogP contribution in [0.5, 0.6) is 11.8 Å². The molecular formula is C21H26F3N3O2. The first-order valence-electron chi connectivity index (χ1n) is 9.67. The molecule has 0 radical (unpaired) electrons. The third-order valence-electron chi connectivity index (χ3n) is 4.59. The minimum Gasteiger partial charge on any atom is -0.488 e. The molecule has 2 aromatic rings. The molecule has 0 bridgehead atoms. The molecule has 0 saturated heterocycles. The number of ether oxygens (including phenoxy) is 2. The van der Waals surface area contributed by atoms with Crippen molar-refractivity contribution in [3.05, 3.63) is 36.0 Å². The zero-order valence-corrected chi connectivity index (χ0v) is 17.1. The van der Waals surface area contributed by atoms with Crippen LogP contribution in [0.1, 0.15) is 52.0 Å². The van der Waals surface area contributed by atoms with E-state index in [0.29, 0.717) is 11.4 Å². The van der Waals surface area contributed by atoms with Gasteiger partial charge in [0.1, 0.15) is 16.9 Å². The summed E-state index contributed by atoms with van der Waals surface area (Å²) in [6.07, 6.45) is 0.328. The lowest BCUT2D eigenvalue weighted by Gasteiger charge is -2.26. The number of nitrogens with zero attached hydrogens (tertiary/aromatic N) is 3. The van der Waals surface area contributed by atoms with E-state index in [1.807, 2.05) is 0 Å². The summed E-state index contributed by atoms with van der Waals surface area (Å²) in [5.74, 6) is 0.251. The van der Waals surface area contributed by atoms with Gasteiger partial charge in [-0.05, 0) is 58.6 Å². The van der Waals surface area contributed by atoms with Crippen molar-refractivity contribution >= 4 is 11.5 Å². The number of hydrogen-bond acceptors (Lipinski definition) is 5. The second kappa shape index (κ2) is 8.08. The molecule has 0 amide bonds. The summed E-state index contributed by atoms with van der Waals surface area (Å²) in [7, 11) is 1.54. The summed E-state index contributed by atoms with van der Waals surface area (Å²) in [6.45, 7) is 5.34. The van der Waals surface area contributed by atoms with Crippen molar-refractivity contribution in [2.45, 2.75) is 64.3 Å². The van der Waals surface area contributed by atoms with Gasteiger partial charge >= 0.3 is 12.2 Å². The Balaban J connectivity index is 2.01. The third kappa shape index (κ3) is 5.31. The molecular weight excluding hydrogens is 383 g/mol. The van der Waals surface area contributed by atoms with Crippen LogP contribution in [0.15, 0.2) is 30.5 Å². The summed E-state index contributed by atoms with van der Waals surface area (Å²) in [5, 5.41) is 0. The number of hydrogen-bond donors (Lipinski definition) is 0. The molecule has 0 spiro atoms. The van der Waals surface area contributed by atoms with Gasteiger partial charge in [-0.25, -0.2) is 4.98 Å². The van der Waals surface area contributed by atoms with E-state index in [-0.39, 0.29) is 17.9 Å². The molecule has 1 fully saturated rings. The first-order chi connectivity index (χ1) is 13.5. The summed E-state index contributed by atoms with van der Waals surface area (Å²) in [5.41, 5.74) is -1.07. The fourth-order valence-electron chi connectivity index (χ4n) is 3.27. The van der Waals surface area contributed by atoms with Crippen LogP contribution >= 0.6 is 0 Å². The van der Waals surface area contributed by atoms with Gasteiger partial charge < -0.3 is 14.4 Å². The Bertz CT molecular complexity index is 844. The van der Waals surface area contributed by atoms with E-state index in [9.17, 15) is 13.2 Å². The number of alkyl halides is 3. The van der Waals surface area contributed by atoms with Crippen molar-refractivity contribution in [2.24, 2.45) is 0 Å². The molecule has 29 heavy (non-hydrogen) atoms. The molecule has 1 saturated carbocycles. The maximum absolute atomic E-state index is 13.6. The van der Waals surface area contributed by atoms with E-state index in [4.69, 9.17) is 9.47 Å². The van der Waals surface area contributed by atoms with Crippen LogP contribution in [0.4, 0.5) is 24.7 Å². The van der Waals surface area contributed by atoms with Gasteiger partial charge in [-0.3, -0.25) is 0 Å². The summed E-state index contributed by atoms with van der Waals surface area (Å²) in [6, 6.07) is 6.94. The van der Waals surface area contributed by atoms with Gasteiger partial charge in [0.2, 0.25) is 0 Å². The second-order valence-electron chi connectivity index (χ2n) is 8.15. The van der Waals surface area contributed by atoms with E-state index in [1.54, 1.807) is 45.0 Å². The zero-order chi connectivity index (χ0) is 21.2. The van der Waals surface area contributed by atoms with Gasteiger partial charge in [0.05, 0.1) is 11.8 Å². The molecule has 3 rings (SSSR count). The van der Waals surface area contributed by atoms with Crippen LogP contribution in [-0.4, -0.2) is 28.7 Å². The highest BCUT2D eigenvalue weighted by Gasteiger charge is 2.37. The SMILES string of the molecule is CN(c1ccccc1OC1CCCC1)c1nc(OC(C)(C)C)ncc1C(F)(F)F. The van der Waals surface area contributed by atoms with E-state index in [1.165, 1.54) is 11.9 Å². The van der Waals surface area contributed by atoms with Crippen LogP contribution in [0.2, 0.25) is 0 Å². The van der Waals surface area contributed by atoms with Gasteiger partial charge in [0.25, 0.3) is 0 Å². The zero-order valence-electron chi connectivity index (χ0n) is 17.1.